The molecule has 0 spiro atoms. The van der Waals surface area contributed by atoms with Crippen LogP contribution in [-0.2, 0) is 6.18 Å². The Morgan fingerprint density at radius 1 is 1.15 bits per heavy atom. The Kier molecular flexibility index (Phi) is 4.04. The van der Waals surface area contributed by atoms with Gasteiger partial charge in [-0.25, -0.2) is 25.2 Å². The number of nitrogens with two attached hydrogens (primary N) is 1. The zero-order valence-electron chi connectivity index (χ0n) is 9.65. The number of rotatable bonds is 3. The van der Waals surface area contributed by atoms with Gasteiger partial charge in [0.25, 0.3) is 0 Å². The van der Waals surface area contributed by atoms with Crippen LogP contribution in [0.1, 0.15) is 5.56 Å². The monoisotopic (exact) mass is 305 g/mol. The standard InChI is InChI=1S/C10H7F4N5S/c11-6-4-17-9(19-15)18-8(6)20-7-2-1-5(3-16-7)10(12,13)14/h1-4H,15H2,(H,17,18,19). The number of alkyl halides is 3. The molecule has 2 heterocycles. The zero-order valence-corrected chi connectivity index (χ0v) is 10.5. The molecule has 0 amide bonds. The maximum Gasteiger partial charge on any atom is 0.417 e. The van der Waals surface area contributed by atoms with Crippen molar-refractivity contribution in [2.24, 2.45) is 5.84 Å². The van der Waals surface area contributed by atoms with Crippen LogP contribution in [-0.4, -0.2) is 15.0 Å². The molecule has 10 heteroatoms. The van der Waals surface area contributed by atoms with Crippen LogP contribution in [0, 0.1) is 5.82 Å². The van der Waals surface area contributed by atoms with Gasteiger partial charge >= 0.3 is 6.18 Å². The van der Waals surface area contributed by atoms with Crippen molar-refractivity contribution in [2.75, 3.05) is 5.43 Å². The molecule has 3 N–H and O–H groups in total. The summed E-state index contributed by atoms with van der Waals surface area (Å²) in [5, 5.41) is 0.0683. The van der Waals surface area contributed by atoms with Gasteiger partial charge in [0.1, 0.15) is 10.1 Å². The first-order chi connectivity index (χ1) is 9.40. The van der Waals surface area contributed by atoms with E-state index < -0.39 is 17.6 Å². The molecule has 2 aromatic rings. The smallest absolute Gasteiger partial charge is 0.292 e. The Balaban J connectivity index is 2.22. The van der Waals surface area contributed by atoms with Gasteiger partial charge in [0, 0.05) is 6.20 Å². The van der Waals surface area contributed by atoms with Crippen molar-refractivity contribution >= 4 is 17.7 Å². The summed E-state index contributed by atoms with van der Waals surface area (Å²) in [7, 11) is 0. The minimum absolute atomic E-state index is 0.0131. The summed E-state index contributed by atoms with van der Waals surface area (Å²) in [5.41, 5.74) is 1.26. The number of nitrogens with one attached hydrogen (secondary N) is 1. The molecule has 0 fully saturated rings. The summed E-state index contributed by atoms with van der Waals surface area (Å²) in [4.78, 5) is 10.9. The van der Waals surface area contributed by atoms with E-state index in [2.05, 4.69) is 20.4 Å². The van der Waals surface area contributed by atoms with Gasteiger partial charge in [-0.1, -0.05) is 0 Å². The Morgan fingerprint density at radius 3 is 2.45 bits per heavy atom. The average Bonchev–Trinajstić information content (AvgIpc) is 2.41. The fourth-order valence-corrected chi connectivity index (χ4v) is 1.92. The summed E-state index contributed by atoms with van der Waals surface area (Å²) < 4.78 is 50.5. The molecule has 0 aromatic carbocycles. The van der Waals surface area contributed by atoms with Crippen molar-refractivity contribution in [3.63, 3.8) is 0 Å². The SMILES string of the molecule is NNc1ncc(F)c(Sc2ccc(C(F)(F)F)cn2)n1. The van der Waals surface area contributed by atoms with E-state index in [1.54, 1.807) is 0 Å². The van der Waals surface area contributed by atoms with Crippen LogP contribution in [0.2, 0.25) is 0 Å². The van der Waals surface area contributed by atoms with E-state index >= 15 is 0 Å². The minimum atomic E-state index is -4.47. The summed E-state index contributed by atoms with van der Waals surface area (Å²) >= 11 is 0.763. The van der Waals surface area contributed by atoms with Crippen LogP contribution in [0.15, 0.2) is 34.6 Å². The van der Waals surface area contributed by atoms with E-state index in [-0.39, 0.29) is 16.0 Å². The first kappa shape index (κ1) is 14.5. The van der Waals surface area contributed by atoms with Crippen LogP contribution < -0.4 is 11.3 Å². The van der Waals surface area contributed by atoms with Gasteiger partial charge in [0.2, 0.25) is 5.95 Å². The van der Waals surface area contributed by atoms with Gasteiger partial charge in [-0.2, -0.15) is 13.2 Å². The number of hydrogen-bond acceptors (Lipinski definition) is 6. The maximum atomic E-state index is 13.4. The van der Waals surface area contributed by atoms with Crippen molar-refractivity contribution in [1.82, 2.24) is 15.0 Å². The Morgan fingerprint density at radius 2 is 1.90 bits per heavy atom. The Labute approximate surface area is 114 Å². The summed E-state index contributed by atoms with van der Waals surface area (Å²) in [6.07, 6.45) is -2.90. The predicted octanol–water partition coefficient (Wildman–Crippen LogP) is 2.47. The molecule has 5 nitrogen and oxygen atoms in total. The van der Waals surface area contributed by atoms with Crippen LogP contribution >= 0.6 is 11.8 Å². The molecular weight excluding hydrogens is 298 g/mol. The molecule has 106 valence electrons. The highest BCUT2D eigenvalue weighted by molar-refractivity contribution is 7.99. The van der Waals surface area contributed by atoms with E-state index in [4.69, 9.17) is 5.84 Å². The van der Waals surface area contributed by atoms with E-state index in [1.165, 1.54) is 0 Å². The van der Waals surface area contributed by atoms with Gasteiger partial charge in [-0.15, -0.1) is 0 Å². The number of nitrogen functional groups attached to an aromatic ring is 1. The van der Waals surface area contributed by atoms with Crippen molar-refractivity contribution in [2.45, 2.75) is 16.2 Å². The average molecular weight is 305 g/mol. The lowest BCUT2D eigenvalue weighted by Crippen LogP contribution is -2.11. The molecular formula is C10H7F4N5S. The lowest BCUT2D eigenvalue weighted by atomic mass is 10.3. The predicted molar refractivity (Wildman–Crippen MR) is 63.2 cm³/mol. The molecule has 0 aliphatic rings. The molecule has 0 saturated heterocycles. The van der Waals surface area contributed by atoms with Crippen LogP contribution in [0.4, 0.5) is 23.5 Å². The van der Waals surface area contributed by atoms with Gasteiger partial charge in [0.05, 0.1) is 11.8 Å². The molecule has 0 unspecified atom stereocenters. The molecule has 0 bridgehead atoms. The first-order valence-corrected chi connectivity index (χ1v) is 5.92. The van der Waals surface area contributed by atoms with Crippen molar-refractivity contribution < 1.29 is 17.6 Å². The zero-order chi connectivity index (χ0) is 14.8. The minimum Gasteiger partial charge on any atom is -0.292 e. The third-order valence-electron chi connectivity index (χ3n) is 2.11. The molecule has 2 rings (SSSR count). The molecule has 0 radical (unpaired) electrons. The van der Waals surface area contributed by atoms with Crippen molar-refractivity contribution in [1.29, 1.82) is 0 Å². The van der Waals surface area contributed by atoms with E-state index in [0.29, 0.717) is 6.20 Å². The van der Waals surface area contributed by atoms with Crippen LogP contribution in [0.5, 0.6) is 0 Å². The highest BCUT2D eigenvalue weighted by atomic mass is 32.2. The lowest BCUT2D eigenvalue weighted by molar-refractivity contribution is -0.137. The number of anilines is 1. The summed E-state index contributed by atoms with van der Waals surface area (Å²) in [6.45, 7) is 0. The van der Waals surface area contributed by atoms with Gasteiger partial charge in [-0.3, -0.25) is 5.43 Å². The maximum absolute atomic E-state index is 13.4. The largest absolute Gasteiger partial charge is 0.417 e. The second-order valence-corrected chi connectivity index (χ2v) is 4.49. The van der Waals surface area contributed by atoms with Gasteiger partial charge < -0.3 is 0 Å². The quantitative estimate of drug-likeness (QED) is 0.393. The Bertz CT molecular complexity index is 602. The van der Waals surface area contributed by atoms with Crippen molar-refractivity contribution in [3.8, 4) is 0 Å². The van der Waals surface area contributed by atoms with Gasteiger partial charge in [0.15, 0.2) is 5.82 Å². The Hall–Kier alpha value is -1.94. The topological polar surface area (TPSA) is 76.7 Å². The van der Waals surface area contributed by atoms with E-state index in [9.17, 15) is 17.6 Å². The fourth-order valence-electron chi connectivity index (χ4n) is 1.20. The second-order valence-electron chi connectivity index (χ2n) is 3.48. The summed E-state index contributed by atoms with van der Waals surface area (Å²) in [6, 6.07) is 1.99. The number of hydrogen-bond donors (Lipinski definition) is 2. The molecule has 0 saturated carbocycles. The second kappa shape index (κ2) is 5.59. The van der Waals surface area contributed by atoms with Crippen molar-refractivity contribution in [3.05, 3.63) is 35.9 Å². The number of hydrazine groups is 1. The molecule has 0 aliphatic carbocycles. The number of aromatic nitrogens is 3. The highest BCUT2D eigenvalue weighted by Crippen LogP contribution is 2.31. The number of nitrogens with zero attached hydrogens (tertiary/aromatic N) is 3. The third-order valence-corrected chi connectivity index (χ3v) is 3.04. The molecule has 0 atom stereocenters. The molecule has 2 aromatic heterocycles. The fraction of sp³-hybridized carbons (Fsp3) is 0.100. The highest BCUT2D eigenvalue weighted by Gasteiger charge is 2.30. The molecule has 20 heavy (non-hydrogen) atoms. The van der Waals surface area contributed by atoms with Crippen LogP contribution in [0.3, 0.4) is 0 Å². The normalized spacial score (nSPS) is 11.4. The molecule has 0 aliphatic heterocycles. The van der Waals surface area contributed by atoms with Crippen LogP contribution in [0.25, 0.3) is 0 Å². The van der Waals surface area contributed by atoms with E-state index in [0.717, 1.165) is 30.1 Å². The lowest BCUT2D eigenvalue weighted by Gasteiger charge is -2.07. The summed E-state index contributed by atoms with van der Waals surface area (Å²) in [5.74, 6) is 4.34. The number of halogens is 4. The number of pyridine rings is 1. The third kappa shape index (κ3) is 3.33. The first-order valence-electron chi connectivity index (χ1n) is 5.10. The van der Waals surface area contributed by atoms with Gasteiger partial charge in [-0.05, 0) is 23.9 Å². The van der Waals surface area contributed by atoms with E-state index in [1.807, 2.05) is 0 Å².